The van der Waals surface area contributed by atoms with Crippen LogP contribution in [0.2, 0.25) is 0 Å². The van der Waals surface area contributed by atoms with Crippen LogP contribution in [0.25, 0.3) is 0 Å². The summed E-state index contributed by atoms with van der Waals surface area (Å²) >= 11 is 1.97. The predicted molar refractivity (Wildman–Crippen MR) is 79.8 cm³/mol. The number of hydrogen-bond donors (Lipinski definition) is 2. The highest BCUT2D eigenvalue weighted by Crippen LogP contribution is 2.36. The second-order valence-corrected chi connectivity index (χ2v) is 7.10. The molecule has 0 aromatic rings. The number of thioether (sulfide) groups is 1. The molecule has 1 aliphatic heterocycles. The first-order chi connectivity index (χ1) is 9.58. The topological polar surface area (TPSA) is 69.6 Å². The van der Waals surface area contributed by atoms with Crippen LogP contribution in [0.15, 0.2) is 0 Å². The van der Waals surface area contributed by atoms with Gasteiger partial charge >= 0.3 is 5.97 Å². The predicted octanol–water partition coefficient (Wildman–Crippen LogP) is 0.898. The Morgan fingerprint density at radius 3 is 2.55 bits per heavy atom. The van der Waals surface area contributed by atoms with Crippen LogP contribution in [-0.4, -0.2) is 59.6 Å². The molecule has 1 saturated heterocycles. The molecule has 2 rings (SSSR count). The fourth-order valence-corrected chi connectivity index (χ4v) is 4.13. The Bertz CT molecular complexity index is 358. The lowest BCUT2D eigenvalue weighted by Crippen LogP contribution is -2.42. The van der Waals surface area contributed by atoms with Crippen molar-refractivity contribution in [2.24, 2.45) is 17.8 Å². The number of carbonyl (C=O) groups is 2. The van der Waals surface area contributed by atoms with Crippen molar-refractivity contribution in [2.75, 3.05) is 37.7 Å². The first-order valence-corrected chi connectivity index (χ1v) is 8.54. The molecule has 20 heavy (non-hydrogen) atoms. The van der Waals surface area contributed by atoms with Gasteiger partial charge in [0.15, 0.2) is 0 Å². The van der Waals surface area contributed by atoms with Crippen LogP contribution in [0, 0.1) is 17.8 Å². The molecular formula is C14H24N2O3S. The standard InChI is InChI=1S/C14H24N2O3S/c1-10-8-11(12(9-10)14(18)19)13(17)15-2-3-16-4-6-20-7-5-16/h10-12H,2-9H2,1H3,(H,15,17)(H,18,19). The molecule has 3 atom stereocenters. The lowest BCUT2D eigenvalue weighted by Gasteiger charge is -2.26. The summed E-state index contributed by atoms with van der Waals surface area (Å²) in [7, 11) is 0. The van der Waals surface area contributed by atoms with Crippen LogP contribution in [0.1, 0.15) is 19.8 Å². The molecule has 0 bridgehead atoms. The molecule has 3 unspecified atom stereocenters. The molecule has 1 saturated carbocycles. The van der Waals surface area contributed by atoms with Crippen LogP contribution in [-0.2, 0) is 9.59 Å². The zero-order valence-corrected chi connectivity index (χ0v) is 12.8. The van der Waals surface area contributed by atoms with Gasteiger partial charge in [0.05, 0.1) is 11.8 Å². The van der Waals surface area contributed by atoms with E-state index in [4.69, 9.17) is 0 Å². The third kappa shape index (κ3) is 4.12. The molecular weight excluding hydrogens is 276 g/mol. The molecule has 1 aliphatic carbocycles. The molecule has 2 aliphatic rings. The van der Waals surface area contributed by atoms with Gasteiger partial charge in [-0.25, -0.2) is 0 Å². The van der Waals surface area contributed by atoms with Gasteiger partial charge in [0.1, 0.15) is 0 Å². The zero-order chi connectivity index (χ0) is 14.5. The summed E-state index contributed by atoms with van der Waals surface area (Å²) in [6, 6.07) is 0. The Morgan fingerprint density at radius 1 is 1.25 bits per heavy atom. The van der Waals surface area contributed by atoms with Crippen molar-refractivity contribution < 1.29 is 14.7 Å². The Labute approximate surface area is 124 Å². The normalized spacial score (nSPS) is 31.1. The molecule has 2 fully saturated rings. The number of carbonyl (C=O) groups excluding carboxylic acids is 1. The van der Waals surface area contributed by atoms with Crippen LogP contribution < -0.4 is 5.32 Å². The molecule has 1 heterocycles. The molecule has 2 N–H and O–H groups in total. The van der Waals surface area contributed by atoms with Crippen molar-refractivity contribution in [3.63, 3.8) is 0 Å². The SMILES string of the molecule is CC1CC(C(=O)O)C(C(=O)NCCN2CCSCC2)C1. The summed E-state index contributed by atoms with van der Waals surface area (Å²) in [5, 5.41) is 12.1. The third-order valence-electron chi connectivity index (χ3n) is 4.28. The molecule has 114 valence electrons. The zero-order valence-electron chi connectivity index (χ0n) is 12.0. The minimum Gasteiger partial charge on any atom is -0.481 e. The average Bonchev–Trinajstić information content (AvgIpc) is 2.82. The van der Waals surface area contributed by atoms with Crippen LogP contribution in [0.5, 0.6) is 0 Å². The van der Waals surface area contributed by atoms with Gasteiger partial charge in [-0.3, -0.25) is 14.5 Å². The van der Waals surface area contributed by atoms with Gasteiger partial charge in [-0.15, -0.1) is 0 Å². The molecule has 0 spiro atoms. The highest BCUT2D eigenvalue weighted by atomic mass is 32.2. The van der Waals surface area contributed by atoms with Gasteiger partial charge in [0.25, 0.3) is 0 Å². The Morgan fingerprint density at radius 2 is 1.90 bits per heavy atom. The highest BCUT2D eigenvalue weighted by molar-refractivity contribution is 7.99. The maximum atomic E-state index is 12.2. The third-order valence-corrected chi connectivity index (χ3v) is 5.23. The Hall–Kier alpha value is -0.750. The highest BCUT2D eigenvalue weighted by Gasteiger charge is 2.40. The summed E-state index contributed by atoms with van der Waals surface area (Å²) in [5.74, 6) is 0.891. The van der Waals surface area contributed by atoms with E-state index in [-0.39, 0.29) is 11.8 Å². The van der Waals surface area contributed by atoms with Gasteiger partial charge in [0, 0.05) is 37.7 Å². The number of amides is 1. The van der Waals surface area contributed by atoms with E-state index in [9.17, 15) is 14.7 Å². The van der Waals surface area contributed by atoms with Crippen molar-refractivity contribution in [2.45, 2.75) is 19.8 Å². The smallest absolute Gasteiger partial charge is 0.307 e. The van der Waals surface area contributed by atoms with Gasteiger partial charge in [-0.05, 0) is 18.8 Å². The van der Waals surface area contributed by atoms with Crippen LogP contribution in [0.3, 0.4) is 0 Å². The number of nitrogens with zero attached hydrogens (tertiary/aromatic N) is 1. The fourth-order valence-electron chi connectivity index (χ4n) is 3.15. The van der Waals surface area contributed by atoms with Gasteiger partial charge < -0.3 is 10.4 Å². The summed E-state index contributed by atoms with van der Waals surface area (Å²) < 4.78 is 0. The van der Waals surface area contributed by atoms with Gasteiger partial charge in [-0.1, -0.05) is 6.92 Å². The van der Waals surface area contributed by atoms with Crippen molar-refractivity contribution in [3.8, 4) is 0 Å². The van der Waals surface area contributed by atoms with Crippen molar-refractivity contribution in [1.82, 2.24) is 10.2 Å². The van der Waals surface area contributed by atoms with Crippen LogP contribution in [0.4, 0.5) is 0 Å². The summed E-state index contributed by atoms with van der Waals surface area (Å²) in [6.07, 6.45) is 1.32. The van der Waals surface area contributed by atoms with E-state index in [1.54, 1.807) is 0 Å². The lowest BCUT2D eigenvalue weighted by atomic mass is 9.95. The van der Waals surface area contributed by atoms with Crippen molar-refractivity contribution >= 4 is 23.6 Å². The number of nitrogens with one attached hydrogen (secondary N) is 1. The maximum absolute atomic E-state index is 12.2. The van der Waals surface area contributed by atoms with E-state index in [0.717, 1.165) is 31.1 Å². The maximum Gasteiger partial charge on any atom is 0.307 e. The Balaban J connectivity index is 1.74. The second-order valence-electron chi connectivity index (χ2n) is 5.87. The minimum absolute atomic E-state index is 0.0758. The average molecular weight is 300 g/mol. The van der Waals surface area contributed by atoms with E-state index < -0.39 is 11.9 Å². The molecule has 0 aromatic heterocycles. The molecule has 1 amide bonds. The lowest BCUT2D eigenvalue weighted by molar-refractivity contribution is -0.146. The number of rotatable bonds is 5. The number of carboxylic acid groups (broad SMARTS) is 1. The van der Waals surface area contributed by atoms with Gasteiger partial charge in [0.2, 0.25) is 5.91 Å². The quantitative estimate of drug-likeness (QED) is 0.789. The van der Waals surface area contributed by atoms with E-state index in [1.807, 2.05) is 18.7 Å². The number of aliphatic carboxylic acids is 1. The van der Waals surface area contributed by atoms with E-state index >= 15 is 0 Å². The first kappa shape index (κ1) is 15.6. The monoisotopic (exact) mass is 300 g/mol. The largest absolute Gasteiger partial charge is 0.481 e. The molecule has 5 nitrogen and oxygen atoms in total. The number of hydrogen-bond acceptors (Lipinski definition) is 4. The second kappa shape index (κ2) is 7.31. The Kier molecular flexibility index (Phi) is 5.72. The first-order valence-electron chi connectivity index (χ1n) is 7.38. The molecule has 0 radical (unpaired) electrons. The fraction of sp³-hybridized carbons (Fsp3) is 0.857. The van der Waals surface area contributed by atoms with E-state index in [1.165, 1.54) is 0 Å². The van der Waals surface area contributed by atoms with Crippen molar-refractivity contribution in [1.29, 1.82) is 0 Å². The summed E-state index contributed by atoms with van der Waals surface area (Å²) in [6.45, 7) is 5.68. The summed E-state index contributed by atoms with van der Waals surface area (Å²) in [5.41, 5.74) is 0. The minimum atomic E-state index is -0.831. The number of carboxylic acids is 1. The van der Waals surface area contributed by atoms with E-state index in [2.05, 4.69) is 10.2 Å². The van der Waals surface area contributed by atoms with Crippen LogP contribution >= 0.6 is 11.8 Å². The molecule has 6 heteroatoms. The summed E-state index contributed by atoms with van der Waals surface area (Å²) in [4.78, 5) is 25.7. The van der Waals surface area contributed by atoms with E-state index in [0.29, 0.717) is 25.3 Å². The van der Waals surface area contributed by atoms with Crippen molar-refractivity contribution in [3.05, 3.63) is 0 Å². The van der Waals surface area contributed by atoms with Gasteiger partial charge in [-0.2, -0.15) is 11.8 Å². The molecule has 0 aromatic carbocycles.